The number of aliphatic hydroxyl groups is 1. The molecule has 0 saturated carbocycles. The zero-order valence-corrected chi connectivity index (χ0v) is 12.0. The van der Waals surface area contributed by atoms with Crippen molar-refractivity contribution in [2.24, 2.45) is 0 Å². The molecule has 0 aliphatic rings. The van der Waals surface area contributed by atoms with Crippen molar-refractivity contribution in [3.05, 3.63) is 29.2 Å². The molecular formula is C13H16N4O4. The Hall–Kier alpha value is -2.48. The summed E-state index contributed by atoms with van der Waals surface area (Å²) in [5.74, 6) is -1.24. The molecule has 8 heteroatoms. The van der Waals surface area contributed by atoms with Crippen LogP contribution in [-0.2, 0) is 9.53 Å². The van der Waals surface area contributed by atoms with E-state index >= 15 is 0 Å². The number of fused-ring (bicyclic) bond motifs is 1. The Bertz CT molecular complexity index is 695. The van der Waals surface area contributed by atoms with E-state index in [4.69, 9.17) is 5.11 Å². The molecule has 1 unspecified atom stereocenters. The molecule has 1 amide bonds. The summed E-state index contributed by atoms with van der Waals surface area (Å²) in [6, 6.07) is 0.677. The van der Waals surface area contributed by atoms with Crippen LogP contribution >= 0.6 is 0 Å². The molecule has 2 aromatic heterocycles. The number of aliphatic hydroxyl groups excluding tert-OH is 1. The standard InChI is InChI=1S/C13H16N4O4/c1-7-4-11-14-5-9(8(2)17(11)16-7)12(19)15-10(6-18)13(20)21-3/h4-5,10,18H,6H2,1-3H3,(H,15,19). The summed E-state index contributed by atoms with van der Waals surface area (Å²) in [6.45, 7) is 3.00. The van der Waals surface area contributed by atoms with Crippen molar-refractivity contribution < 1.29 is 19.4 Å². The number of methoxy groups -OCH3 is 1. The third-order valence-electron chi connectivity index (χ3n) is 3.06. The summed E-state index contributed by atoms with van der Waals surface area (Å²) in [5, 5.41) is 15.8. The fourth-order valence-corrected chi connectivity index (χ4v) is 1.94. The second kappa shape index (κ2) is 5.88. The molecule has 0 radical (unpaired) electrons. The second-order valence-electron chi connectivity index (χ2n) is 4.54. The lowest BCUT2D eigenvalue weighted by Gasteiger charge is -2.14. The highest BCUT2D eigenvalue weighted by atomic mass is 16.5. The minimum Gasteiger partial charge on any atom is -0.467 e. The zero-order valence-electron chi connectivity index (χ0n) is 12.0. The summed E-state index contributed by atoms with van der Waals surface area (Å²) >= 11 is 0. The Balaban J connectivity index is 2.31. The first kappa shape index (κ1) is 14.9. The summed E-state index contributed by atoms with van der Waals surface area (Å²) in [7, 11) is 1.18. The van der Waals surface area contributed by atoms with Gasteiger partial charge in [-0.05, 0) is 13.8 Å². The Morgan fingerprint density at radius 1 is 1.48 bits per heavy atom. The first-order valence-electron chi connectivity index (χ1n) is 6.29. The van der Waals surface area contributed by atoms with Crippen molar-refractivity contribution in [2.75, 3.05) is 13.7 Å². The number of aryl methyl sites for hydroxylation is 2. The van der Waals surface area contributed by atoms with Crippen LogP contribution in [0.25, 0.3) is 5.65 Å². The summed E-state index contributed by atoms with van der Waals surface area (Å²) < 4.78 is 6.05. The molecule has 2 rings (SSSR count). The molecule has 0 saturated heterocycles. The fourth-order valence-electron chi connectivity index (χ4n) is 1.94. The molecule has 0 aromatic carbocycles. The van der Waals surface area contributed by atoms with Crippen LogP contribution in [0, 0.1) is 13.8 Å². The van der Waals surface area contributed by atoms with Gasteiger partial charge in [0.1, 0.15) is 0 Å². The largest absolute Gasteiger partial charge is 0.467 e. The normalized spacial score (nSPS) is 12.2. The van der Waals surface area contributed by atoms with Gasteiger partial charge in [0.25, 0.3) is 5.91 Å². The van der Waals surface area contributed by atoms with Gasteiger partial charge in [-0.1, -0.05) is 0 Å². The van der Waals surface area contributed by atoms with Gasteiger partial charge >= 0.3 is 5.97 Å². The van der Waals surface area contributed by atoms with Gasteiger partial charge in [0.2, 0.25) is 0 Å². The number of ether oxygens (including phenoxy) is 1. The van der Waals surface area contributed by atoms with Crippen molar-refractivity contribution in [2.45, 2.75) is 19.9 Å². The van der Waals surface area contributed by atoms with Gasteiger partial charge < -0.3 is 15.2 Å². The number of aromatic nitrogens is 3. The zero-order chi connectivity index (χ0) is 15.6. The molecule has 21 heavy (non-hydrogen) atoms. The van der Waals surface area contributed by atoms with Gasteiger partial charge in [-0.3, -0.25) is 4.79 Å². The number of esters is 1. The molecule has 0 aliphatic carbocycles. The third kappa shape index (κ3) is 2.84. The van der Waals surface area contributed by atoms with Crippen LogP contribution in [0.15, 0.2) is 12.3 Å². The van der Waals surface area contributed by atoms with Crippen molar-refractivity contribution in [3.63, 3.8) is 0 Å². The van der Waals surface area contributed by atoms with Crippen molar-refractivity contribution in [1.82, 2.24) is 19.9 Å². The predicted octanol–water partition coefficient (Wildman–Crippen LogP) is -0.390. The third-order valence-corrected chi connectivity index (χ3v) is 3.06. The smallest absolute Gasteiger partial charge is 0.330 e. The van der Waals surface area contributed by atoms with E-state index in [-0.39, 0.29) is 5.56 Å². The molecule has 1 atom stereocenters. The Morgan fingerprint density at radius 3 is 2.81 bits per heavy atom. The highest BCUT2D eigenvalue weighted by Crippen LogP contribution is 2.11. The van der Waals surface area contributed by atoms with Crippen molar-refractivity contribution in [1.29, 1.82) is 0 Å². The topological polar surface area (TPSA) is 106 Å². The van der Waals surface area contributed by atoms with Crippen molar-refractivity contribution in [3.8, 4) is 0 Å². The molecular weight excluding hydrogens is 276 g/mol. The van der Waals surface area contributed by atoms with Crippen LogP contribution in [0.1, 0.15) is 21.7 Å². The average Bonchev–Trinajstić information content (AvgIpc) is 2.85. The number of amides is 1. The van der Waals surface area contributed by atoms with E-state index in [0.717, 1.165) is 5.69 Å². The number of nitrogens with one attached hydrogen (secondary N) is 1. The summed E-state index contributed by atoms with van der Waals surface area (Å²) in [6.07, 6.45) is 1.41. The molecule has 8 nitrogen and oxygen atoms in total. The van der Waals surface area contributed by atoms with E-state index in [1.807, 2.05) is 6.92 Å². The highest BCUT2D eigenvalue weighted by molar-refractivity contribution is 5.97. The number of hydrogen-bond donors (Lipinski definition) is 2. The van der Waals surface area contributed by atoms with Crippen LogP contribution < -0.4 is 5.32 Å². The molecule has 0 aliphatic heterocycles. The second-order valence-corrected chi connectivity index (χ2v) is 4.54. The summed E-state index contributed by atoms with van der Waals surface area (Å²) in [4.78, 5) is 27.7. The van der Waals surface area contributed by atoms with E-state index in [1.165, 1.54) is 13.3 Å². The van der Waals surface area contributed by atoms with E-state index in [2.05, 4.69) is 20.1 Å². The van der Waals surface area contributed by atoms with Gasteiger partial charge in [0.05, 0.1) is 30.7 Å². The van der Waals surface area contributed by atoms with E-state index in [9.17, 15) is 9.59 Å². The molecule has 2 N–H and O–H groups in total. The van der Waals surface area contributed by atoms with Gasteiger partial charge in [0, 0.05) is 12.3 Å². The van der Waals surface area contributed by atoms with Crippen LogP contribution in [0.5, 0.6) is 0 Å². The maximum Gasteiger partial charge on any atom is 0.330 e. The van der Waals surface area contributed by atoms with Crippen LogP contribution in [0.2, 0.25) is 0 Å². The first-order chi connectivity index (χ1) is 9.97. The van der Waals surface area contributed by atoms with Gasteiger partial charge in [-0.2, -0.15) is 5.10 Å². The maximum atomic E-state index is 12.2. The van der Waals surface area contributed by atoms with Gasteiger partial charge in [-0.15, -0.1) is 0 Å². The first-order valence-corrected chi connectivity index (χ1v) is 6.29. The van der Waals surface area contributed by atoms with E-state index < -0.39 is 24.5 Å². The molecule has 2 heterocycles. The minimum atomic E-state index is -1.11. The SMILES string of the molecule is COC(=O)C(CO)NC(=O)c1cnc2cc(C)nn2c1C. The Labute approximate surface area is 120 Å². The minimum absolute atomic E-state index is 0.271. The molecule has 112 valence electrons. The fraction of sp³-hybridized carbons (Fsp3) is 0.385. The number of rotatable bonds is 4. The van der Waals surface area contributed by atoms with E-state index in [0.29, 0.717) is 11.3 Å². The quantitative estimate of drug-likeness (QED) is 0.743. The molecule has 2 aromatic rings. The lowest BCUT2D eigenvalue weighted by atomic mass is 10.2. The van der Waals surface area contributed by atoms with Gasteiger partial charge in [-0.25, -0.2) is 14.3 Å². The molecule has 0 fully saturated rings. The average molecular weight is 292 g/mol. The lowest BCUT2D eigenvalue weighted by Crippen LogP contribution is -2.44. The van der Waals surface area contributed by atoms with Crippen molar-refractivity contribution >= 4 is 17.5 Å². The maximum absolute atomic E-state index is 12.2. The summed E-state index contributed by atoms with van der Waals surface area (Å²) in [5.41, 5.74) is 2.28. The number of nitrogens with zero attached hydrogens (tertiary/aromatic N) is 3. The molecule has 0 spiro atoms. The predicted molar refractivity (Wildman–Crippen MR) is 72.8 cm³/mol. The Morgan fingerprint density at radius 2 is 2.19 bits per heavy atom. The molecule has 0 bridgehead atoms. The number of carbonyl (C=O) groups is 2. The van der Waals surface area contributed by atoms with Crippen LogP contribution in [0.4, 0.5) is 0 Å². The highest BCUT2D eigenvalue weighted by Gasteiger charge is 2.23. The number of carbonyl (C=O) groups excluding carboxylic acids is 2. The lowest BCUT2D eigenvalue weighted by molar-refractivity contribution is -0.143. The van der Waals surface area contributed by atoms with E-state index in [1.54, 1.807) is 17.5 Å². The number of hydrogen-bond acceptors (Lipinski definition) is 6. The van der Waals surface area contributed by atoms with Crippen LogP contribution in [-0.4, -0.2) is 51.3 Å². The van der Waals surface area contributed by atoms with Gasteiger partial charge in [0.15, 0.2) is 11.7 Å². The van der Waals surface area contributed by atoms with Crippen LogP contribution in [0.3, 0.4) is 0 Å². The monoisotopic (exact) mass is 292 g/mol. The Kier molecular flexibility index (Phi) is 4.18.